The van der Waals surface area contributed by atoms with E-state index in [4.69, 9.17) is 0 Å². The lowest BCUT2D eigenvalue weighted by Crippen LogP contribution is -2.39. The number of guanidine groups is 1. The van der Waals surface area contributed by atoms with Crippen molar-refractivity contribution in [1.29, 1.82) is 0 Å². The zero-order valence-electron chi connectivity index (χ0n) is 14.5. The fraction of sp³-hybridized carbons (Fsp3) is 0.625. The molecule has 24 heavy (non-hydrogen) atoms. The number of unbranched alkanes of at least 4 members (excludes halogenated alkanes) is 1. The number of carbonyl (C=O) groups is 1. The number of nitrogens with one attached hydrogen (secondary N) is 2. The molecule has 0 aliphatic carbocycles. The van der Waals surface area contributed by atoms with Crippen molar-refractivity contribution in [2.24, 2.45) is 4.99 Å². The van der Waals surface area contributed by atoms with Crippen molar-refractivity contribution in [2.45, 2.75) is 38.7 Å². The zero-order valence-corrected chi connectivity index (χ0v) is 17.6. The minimum atomic E-state index is -0.979. The van der Waals surface area contributed by atoms with Crippen LogP contribution >= 0.6 is 35.3 Å². The lowest BCUT2D eigenvalue weighted by Gasteiger charge is -2.21. The highest BCUT2D eigenvalue weighted by molar-refractivity contribution is 14.0. The molecule has 0 spiro atoms. The Morgan fingerprint density at radius 3 is 2.75 bits per heavy atom. The number of ether oxygens (including phenoxy) is 1. The molecule has 1 aromatic rings. The van der Waals surface area contributed by atoms with Crippen LogP contribution in [0.4, 0.5) is 0 Å². The van der Waals surface area contributed by atoms with E-state index in [1.165, 1.54) is 7.11 Å². The van der Waals surface area contributed by atoms with E-state index in [9.17, 15) is 9.90 Å². The van der Waals surface area contributed by atoms with Gasteiger partial charge < -0.3 is 20.5 Å². The van der Waals surface area contributed by atoms with Gasteiger partial charge in [0.15, 0.2) is 5.96 Å². The summed E-state index contributed by atoms with van der Waals surface area (Å²) in [6.07, 6.45) is 2.05. The maximum absolute atomic E-state index is 11.0. The lowest BCUT2D eigenvalue weighted by molar-refractivity contribution is -0.140. The molecule has 0 aromatic carbocycles. The van der Waals surface area contributed by atoms with E-state index >= 15 is 0 Å². The summed E-state index contributed by atoms with van der Waals surface area (Å²) in [5.74, 6) is 0.485. The van der Waals surface area contributed by atoms with E-state index < -0.39 is 5.60 Å². The normalized spacial score (nSPS) is 13.6. The molecule has 0 radical (unpaired) electrons. The molecule has 1 unspecified atom stereocenters. The number of nitrogens with zero attached hydrogens (tertiary/aromatic N) is 1. The molecule has 3 N–H and O–H groups in total. The van der Waals surface area contributed by atoms with Gasteiger partial charge in [-0.05, 0) is 49.1 Å². The van der Waals surface area contributed by atoms with Gasteiger partial charge in [-0.3, -0.25) is 4.79 Å². The Kier molecular flexibility index (Phi) is 12.0. The second kappa shape index (κ2) is 12.5. The number of aliphatic imine (C=N–C) groups is 1. The fourth-order valence-electron chi connectivity index (χ4n) is 1.94. The van der Waals surface area contributed by atoms with E-state index in [0.717, 1.165) is 24.9 Å². The molecule has 6 nitrogen and oxygen atoms in total. The Morgan fingerprint density at radius 2 is 2.17 bits per heavy atom. The summed E-state index contributed by atoms with van der Waals surface area (Å²) in [4.78, 5) is 15.5. The summed E-state index contributed by atoms with van der Waals surface area (Å²) < 4.78 is 4.61. The van der Waals surface area contributed by atoms with Crippen molar-refractivity contribution in [3.8, 4) is 0 Å². The number of aliphatic hydroxyl groups is 1. The average Bonchev–Trinajstić information content (AvgIpc) is 3.07. The molecule has 0 bridgehead atoms. The molecule has 0 fully saturated rings. The first-order valence-electron chi connectivity index (χ1n) is 7.83. The minimum absolute atomic E-state index is 0. The first-order valence-corrected chi connectivity index (χ1v) is 8.78. The zero-order chi connectivity index (χ0) is 17.1. The highest BCUT2D eigenvalue weighted by atomic mass is 127. The lowest BCUT2D eigenvalue weighted by atomic mass is 10.00. The molecule has 1 rings (SSSR count). The van der Waals surface area contributed by atoms with E-state index in [2.05, 4.69) is 20.4 Å². The van der Waals surface area contributed by atoms with E-state index in [-0.39, 0.29) is 36.5 Å². The van der Waals surface area contributed by atoms with Crippen LogP contribution in [0.5, 0.6) is 0 Å². The van der Waals surface area contributed by atoms with Gasteiger partial charge in [-0.2, -0.15) is 11.3 Å². The topological polar surface area (TPSA) is 83.0 Å². The van der Waals surface area contributed by atoms with Crippen molar-refractivity contribution < 1.29 is 14.6 Å². The van der Waals surface area contributed by atoms with Gasteiger partial charge in [0.25, 0.3) is 0 Å². The largest absolute Gasteiger partial charge is 0.469 e. The Morgan fingerprint density at radius 1 is 1.42 bits per heavy atom. The molecule has 0 aliphatic heterocycles. The number of rotatable bonds is 9. The molecular weight excluding hydrogens is 441 g/mol. The summed E-state index contributed by atoms with van der Waals surface area (Å²) in [6.45, 7) is 5.49. The average molecular weight is 469 g/mol. The minimum Gasteiger partial charge on any atom is -0.469 e. The summed E-state index contributed by atoms with van der Waals surface area (Å²) in [7, 11) is 1.40. The SMILES string of the molecule is CCNC(=NCC(C)(O)c1ccsc1)NCCCCC(=O)OC.I. The molecular formula is C16H28IN3O3S. The van der Waals surface area contributed by atoms with Gasteiger partial charge in [-0.15, -0.1) is 24.0 Å². The molecule has 1 atom stereocenters. The molecule has 0 saturated carbocycles. The van der Waals surface area contributed by atoms with E-state index in [0.29, 0.717) is 18.9 Å². The van der Waals surface area contributed by atoms with Crippen LogP contribution in [0, 0.1) is 0 Å². The number of methoxy groups -OCH3 is 1. The number of esters is 1. The molecule has 0 amide bonds. The van der Waals surface area contributed by atoms with Crippen LogP contribution in [0.25, 0.3) is 0 Å². The summed E-state index contributed by atoms with van der Waals surface area (Å²) in [6, 6.07) is 1.91. The van der Waals surface area contributed by atoms with Crippen molar-refractivity contribution in [3.05, 3.63) is 22.4 Å². The van der Waals surface area contributed by atoms with Gasteiger partial charge >= 0.3 is 5.97 Å². The van der Waals surface area contributed by atoms with Crippen molar-refractivity contribution in [1.82, 2.24) is 10.6 Å². The molecule has 1 aromatic heterocycles. The Balaban J connectivity index is 0.00000529. The Bertz CT molecular complexity index is 493. The third-order valence-corrected chi connectivity index (χ3v) is 4.04. The van der Waals surface area contributed by atoms with Crippen LogP contribution in [0.2, 0.25) is 0 Å². The highest BCUT2D eigenvalue weighted by Gasteiger charge is 2.23. The van der Waals surface area contributed by atoms with E-state index in [1.54, 1.807) is 18.3 Å². The van der Waals surface area contributed by atoms with Crippen molar-refractivity contribution in [3.63, 3.8) is 0 Å². The van der Waals surface area contributed by atoms with Crippen LogP contribution < -0.4 is 10.6 Å². The third-order valence-electron chi connectivity index (χ3n) is 3.36. The monoisotopic (exact) mass is 469 g/mol. The molecule has 1 heterocycles. The van der Waals surface area contributed by atoms with Gasteiger partial charge in [-0.1, -0.05) is 0 Å². The van der Waals surface area contributed by atoms with Crippen molar-refractivity contribution >= 4 is 47.2 Å². The standard InChI is InChI=1S/C16H27N3O3S.HI/c1-4-17-15(18-9-6-5-7-14(20)22-3)19-12-16(2,21)13-8-10-23-11-13;/h8,10-11,21H,4-7,9,12H2,1-3H3,(H2,17,18,19);1H. The Labute approximate surface area is 165 Å². The number of thiophene rings is 1. The third kappa shape index (κ3) is 8.84. The number of carbonyl (C=O) groups excluding carboxylic acids is 1. The first kappa shape index (κ1) is 23.1. The Hall–Kier alpha value is -0.870. The second-order valence-corrected chi connectivity index (χ2v) is 6.22. The summed E-state index contributed by atoms with van der Waals surface area (Å²) in [5.41, 5.74) is -0.104. The maximum atomic E-state index is 11.0. The number of halogens is 1. The number of hydrogen-bond acceptors (Lipinski definition) is 5. The number of hydrogen-bond donors (Lipinski definition) is 3. The van der Waals surface area contributed by atoms with Crippen LogP contribution in [0.15, 0.2) is 21.8 Å². The van der Waals surface area contributed by atoms with Crippen LogP contribution in [-0.4, -0.2) is 43.8 Å². The van der Waals surface area contributed by atoms with Gasteiger partial charge in [0.05, 0.1) is 13.7 Å². The van der Waals surface area contributed by atoms with Crippen LogP contribution in [0.3, 0.4) is 0 Å². The van der Waals surface area contributed by atoms with Gasteiger partial charge in [0.1, 0.15) is 5.60 Å². The van der Waals surface area contributed by atoms with Gasteiger partial charge in [-0.25, -0.2) is 4.99 Å². The maximum Gasteiger partial charge on any atom is 0.305 e. The fourth-order valence-corrected chi connectivity index (χ4v) is 2.72. The van der Waals surface area contributed by atoms with Gasteiger partial charge in [0.2, 0.25) is 0 Å². The molecule has 138 valence electrons. The first-order chi connectivity index (χ1) is 11.0. The smallest absolute Gasteiger partial charge is 0.305 e. The second-order valence-electron chi connectivity index (χ2n) is 5.44. The van der Waals surface area contributed by atoms with Gasteiger partial charge in [0, 0.05) is 19.5 Å². The van der Waals surface area contributed by atoms with Crippen LogP contribution in [0.1, 0.15) is 38.7 Å². The van der Waals surface area contributed by atoms with Crippen LogP contribution in [-0.2, 0) is 15.1 Å². The van der Waals surface area contributed by atoms with Crippen molar-refractivity contribution in [2.75, 3.05) is 26.7 Å². The predicted molar refractivity (Wildman–Crippen MR) is 109 cm³/mol. The summed E-state index contributed by atoms with van der Waals surface area (Å²) >= 11 is 1.56. The predicted octanol–water partition coefficient (Wildman–Crippen LogP) is 2.47. The molecule has 0 aliphatic rings. The highest BCUT2D eigenvalue weighted by Crippen LogP contribution is 2.23. The molecule has 0 saturated heterocycles. The quantitative estimate of drug-likeness (QED) is 0.170. The van der Waals surface area contributed by atoms with E-state index in [1.807, 2.05) is 23.8 Å². The molecule has 8 heteroatoms. The summed E-state index contributed by atoms with van der Waals surface area (Å²) in [5, 5.41) is 20.7.